The standard InChI is InChI=1S/C59H105N3O12/c1-3-4-5-6-7-8-9-10-11-12-13-14-15-16-17-20-34-62-59(69)73-45-25-27-47-44(41-45)24-26-50-49(47)31-30-48-46(28-29-51(48)50)43(2)23-32-54(65)60-33-21-18-19-22-53(64)61-35-36-70-37-38-71-39-40-72-58-57(68)56(67)55(66)52(42-63)74-58/h10-11,43-52,55-58,63,66-68H,3-9,12-42H2,1-2H3,(H,60,65)(H,61,64)(H,62,69)/b11-10-/t43-,44?,45-,46?,47?,48?,49?,50?,51?,52?,55-,56?,57?,58+/m1/s1. The molecule has 0 aromatic carbocycles. The molecule has 5 fully saturated rings. The van der Waals surface area contributed by atoms with Crippen molar-refractivity contribution in [2.24, 2.45) is 47.3 Å². The van der Waals surface area contributed by atoms with Crippen molar-refractivity contribution in [3.63, 3.8) is 0 Å². The van der Waals surface area contributed by atoms with E-state index in [9.17, 15) is 34.8 Å². The summed E-state index contributed by atoms with van der Waals surface area (Å²) in [4.78, 5) is 37.9. The minimum atomic E-state index is -1.49. The topological polar surface area (TPSA) is 214 Å². The van der Waals surface area contributed by atoms with Crippen molar-refractivity contribution >= 4 is 17.9 Å². The Morgan fingerprint density at radius 1 is 0.581 bits per heavy atom. The van der Waals surface area contributed by atoms with Crippen LogP contribution in [0.1, 0.15) is 200 Å². The molecule has 14 atom stereocenters. The van der Waals surface area contributed by atoms with E-state index < -0.39 is 37.3 Å². The molecule has 0 aromatic heterocycles. The van der Waals surface area contributed by atoms with E-state index in [1.54, 1.807) is 0 Å². The first-order valence-corrected chi connectivity index (χ1v) is 30.3. The zero-order chi connectivity index (χ0) is 52.8. The molecule has 7 N–H and O–H groups in total. The fourth-order valence-corrected chi connectivity index (χ4v) is 13.7. The maximum atomic E-state index is 12.9. The Balaban J connectivity index is 0.804. The number of ether oxygens (including phenoxy) is 5. The van der Waals surface area contributed by atoms with Gasteiger partial charge in [-0.2, -0.15) is 0 Å². The lowest BCUT2D eigenvalue weighted by Crippen LogP contribution is -2.59. The lowest BCUT2D eigenvalue weighted by molar-refractivity contribution is -0.302. The second-order valence-corrected chi connectivity index (χ2v) is 23.0. The van der Waals surface area contributed by atoms with Crippen LogP contribution in [0.3, 0.4) is 0 Å². The molecule has 5 aliphatic rings. The Hall–Kier alpha value is -2.37. The van der Waals surface area contributed by atoms with Gasteiger partial charge in [0, 0.05) is 32.5 Å². The SMILES string of the molecule is CCCCCCCC/C=C\CCCCCCCCNC(=O)O[C@@H]1CCC2C(CCC3C2CCC2C3CCC2[C@H](C)CCC(=O)NCCCCCC(=O)NCCOCCOCCO[C@H]2OC(CO)[C@@H](O)C(O)C2O)C1. The maximum Gasteiger partial charge on any atom is 0.407 e. The average Bonchev–Trinajstić information content (AvgIpc) is 3.85. The van der Waals surface area contributed by atoms with E-state index in [4.69, 9.17) is 23.7 Å². The van der Waals surface area contributed by atoms with Gasteiger partial charge in [-0.3, -0.25) is 9.59 Å². The number of unbranched alkanes of at least 4 members (excludes halogenated alkanes) is 14. The third-order valence-electron chi connectivity index (χ3n) is 17.8. The molecule has 15 heteroatoms. The zero-order valence-electron chi connectivity index (χ0n) is 46.2. The van der Waals surface area contributed by atoms with Crippen molar-refractivity contribution in [1.29, 1.82) is 0 Å². The number of rotatable bonds is 38. The van der Waals surface area contributed by atoms with Crippen LogP contribution in [-0.2, 0) is 33.3 Å². The largest absolute Gasteiger partial charge is 0.446 e. The Morgan fingerprint density at radius 3 is 1.89 bits per heavy atom. The number of carbonyl (C=O) groups is 3. The van der Waals surface area contributed by atoms with Gasteiger partial charge in [0.2, 0.25) is 11.8 Å². The van der Waals surface area contributed by atoms with Gasteiger partial charge in [0.15, 0.2) is 6.29 Å². The summed E-state index contributed by atoms with van der Waals surface area (Å²) in [6.45, 7) is 7.13. The van der Waals surface area contributed by atoms with E-state index in [1.807, 2.05) is 0 Å². The van der Waals surface area contributed by atoms with Gasteiger partial charge in [-0.25, -0.2) is 4.79 Å². The molecule has 0 spiro atoms. The average molecular weight is 1050 g/mol. The predicted octanol–water partition coefficient (Wildman–Crippen LogP) is 9.06. The number of amides is 3. The molecule has 5 rings (SSSR count). The number of allylic oxidation sites excluding steroid dienone is 2. The third-order valence-corrected chi connectivity index (χ3v) is 17.8. The number of alkyl carbamates (subject to hydrolysis) is 1. The van der Waals surface area contributed by atoms with Crippen molar-refractivity contribution in [1.82, 2.24) is 16.0 Å². The summed E-state index contributed by atoms with van der Waals surface area (Å²) in [7, 11) is 0. The molecule has 10 unspecified atom stereocenters. The molecule has 4 aliphatic carbocycles. The summed E-state index contributed by atoms with van der Waals surface area (Å²) < 4.78 is 27.6. The third kappa shape index (κ3) is 22.2. The summed E-state index contributed by atoms with van der Waals surface area (Å²) in [5.74, 6) is 6.23. The molecule has 4 saturated carbocycles. The Bertz CT molecular complexity index is 1560. The first-order valence-electron chi connectivity index (χ1n) is 30.3. The van der Waals surface area contributed by atoms with Crippen LogP contribution < -0.4 is 16.0 Å². The van der Waals surface area contributed by atoms with Crippen LogP contribution in [0.5, 0.6) is 0 Å². The normalized spacial score (nSPS) is 30.1. The Morgan fingerprint density at radius 2 is 1.15 bits per heavy atom. The number of carbonyl (C=O) groups excluding carboxylic acids is 3. The molecule has 15 nitrogen and oxygen atoms in total. The van der Waals surface area contributed by atoms with Gasteiger partial charge < -0.3 is 60.1 Å². The quantitative estimate of drug-likeness (QED) is 0.0228. The van der Waals surface area contributed by atoms with Crippen LogP contribution in [0.4, 0.5) is 4.79 Å². The van der Waals surface area contributed by atoms with Crippen LogP contribution in [0.2, 0.25) is 0 Å². The highest BCUT2D eigenvalue weighted by molar-refractivity contribution is 5.76. The lowest BCUT2D eigenvalue weighted by Gasteiger charge is -2.53. The summed E-state index contributed by atoms with van der Waals surface area (Å²) in [5, 5.41) is 48.0. The first-order chi connectivity index (χ1) is 36.1. The molecule has 428 valence electrons. The number of nitrogens with one attached hydrogen (secondary N) is 3. The van der Waals surface area contributed by atoms with E-state index in [2.05, 4.69) is 41.9 Å². The van der Waals surface area contributed by atoms with Crippen molar-refractivity contribution in [2.75, 3.05) is 59.3 Å². The van der Waals surface area contributed by atoms with E-state index in [-0.39, 0.29) is 37.2 Å². The summed E-state index contributed by atoms with van der Waals surface area (Å²) >= 11 is 0. The number of hydrogen-bond acceptors (Lipinski definition) is 12. The highest BCUT2D eigenvalue weighted by atomic mass is 16.7. The molecular weight excluding hydrogens is 943 g/mol. The summed E-state index contributed by atoms with van der Waals surface area (Å²) in [6, 6.07) is 0. The molecule has 0 aromatic rings. The van der Waals surface area contributed by atoms with Crippen LogP contribution in [0.25, 0.3) is 0 Å². The van der Waals surface area contributed by atoms with Gasteiger partial charge in [0.1, 0.15) is 30.5 Å². The van der Waals surface area contributed by atoms with Gasteiger partial charge in [0.05, 0.1) is 39.6 Å². The van der Waals surface area contributed by atoms with Crippen LogP contribution in [0.15, 0.2) is 12.2 Å². The number of aliphatic hydroxyl groups is 4. The number of hydrogen-bond donors (Lipinski definition) is 7. The lowest BCUT2D eigenvalue weighted by atomic mass is 9.53. The molecule has 0 radical (unpaired) electrons. The van der Waals surface area contributed by atoms with Crippen LogP contribution >= 0.6 is 0 Å². The molecule has 74 heavy (non-hydrogen) atoms. The van der Waals surface area contributed by atoms with Crippen molar-refractivity contribution in [3.8, 4) is 0 Å². The van der Waals surface area contributed by atoms with E-state index in [0.717, 1.165) is 87.0 Å². The number of aliphatic hydroxyl groups excluding tert-OH is 4. The smallest absolute Gasteiger partial charge is 0.407 e. The Kier molecular flexibility index (Phi) is 31.0. The highest BCUT2D eigenvalue weighted by Crippen LogP contribution is 2.60. The van der Waals surface area contributed by atoms with Crippen LogP contribution in [0, 0.1) is 47.3 Å². The van der Waals surface area contributed by atoms with E-state index in [1.165, 1.54) is 128 Å². The molecular formula is C59H105N3O12. The van der Waals surface area contributed by atoms with Gasteiger partial charge >= 0.3 is 6.09 Å². The molecule has 3 amide bonds. The van der Waals surface area contributed by atoms with Gasteiger partial charge in [-0.05, 0) is 156 Å². The molecule has 0 bridgehead atoms. The van der Waals surface area contributed by atoms with Crippen molar-refractivity contribution < 1.29 is 58.5 Å². The summed E-state index contributed by atoms with van der Waals surface area (Å²) in [6.07, 6.45) is 31.8. The predicted molar refractivity (Wildman–Crippen MR) is 288 cm³/mol. The van der Waals surface area contributed by atoms with Gasteiger partial charge in [-0.15, -0.1) is 0 Å². The van der Waals surface area contributed by atoms with E-state index in [0.29, 0.717) is 57.6 Å². The second-order valence-electron chi connectivity index (χ2n) is 23.0. The highest BCUT2D eigenvalue weighted by Gasteiger charge is 2.52. The second kappa shape index (κ2) is 36.7. The zero-order valence-corrected chi connectivity index (χ0v) is 46.2. The van der Waals surface area contributed by atoms with E-state index >= 15 is 0 Å². The molecule has 1 aliphatic heterocycles. The van der Waals surface area contributed by atoms with Gasteiger partial charge in [0.25, 0.3) is 0 Å². The van der Waals surface area contributed by atoms with Crippen molar-refractivity contribution in [2.45, 2.75) is 237 Å². The fraction of sp³-hybridized carbons (Fsp3) is 0.915. The summed E-state index contributed by atoms with van der Waals surface area (Å²) in [5.41, 5.74) is 0. The minimum absolute atomic E-state index is 0.0205. The van der Waals surface area contributed by atoms with Gasteiger partial charge in [-0.1, -0.05) is 90.2 Å². The van der Waals surface area contributed by atoms with Crippen molar-refractivity contribution in [3.05, 3.63) is 12.2 Å². The maximum absolute atomic E-state index is 12.9. The minimum Gasteiger partial charge on any atom is -0.446 e. The molecule has 1 saturated heterocycles. The monoisotopic (exact) mass is 1050 g/mol. The Labute approximate surface area is 446 Å². The molecule has 1 heterocycles. The number of fused-ring (bicyclic) bond motifs is 5. The fourth-order valence-electron chi connectivity index (χ4n) is 13.7. The first kappa shape index (κ1) is 62.5. The van der Waals surface area contributed by atoms with Crippen LogP contribution in [-0.4, -0.2) is 134 Å².